The van der Waals surface area contributed by atoms with Crippen LogP contribution in [-0.4, -0.2) is 47.4 Å². The minimum absolute atomic E-state index is 0.00307. The van der Waals surface area contributed by atoms with Gasteiger partial charge in [-0.2, -0.15) is 0 Å². The van der Waals surface area contributed by atoms with E-state index in [0.717, 1.165) is 11.1 Å². The molecule has 0 aliphatic carbocycles. The summed E-state index contributed by atoms with van der Waals surface area (Å²) in [6, 6.07) is 5.41. The first-order valence-electron chi connectivity index (χ1n) is 9.60. The Morgan fingerprint density at radius 3 is 2.91 bits per heavy atom. The number of aromatic nitrogens is 3. The van der Waals surface area contributed by atoms with Gasteiger partial charge < -0.3 is 19.5 Å². The summed E-state index contributed by atoms with van der Waals surface area (Å²) in [7, 11) is 1.53. The molecule has 5 rings (SSSR count). The maximum atomic E-state index is 14.8. The van der Waals surface area contributed by atoms with Crippen LogP contribution in [0.25, 0.3) is 31.8 Å². The second-order valence-corrected chi connectivity index (χ2v) is 8.59. The molecule has 8 nitrogen and oxygen atoms in total. The van der Waals surface area contributed by atoms with Crippen LogP contribution < -0.4 is 14.8 Å². The molecule has 0 bridgehead atoms. The summed E-state index contributed by atoms with van der Waals surface area (Å²) >= 11 is 7.63. The van der Waals surface area contributed by atoms with Crippen LogP contribution in [0, 0.1) is 12.7 Å². The molecule has 1 atom stereocenters. The molecule has 0 radical (unpaired) electrons. The predicted octanol–water partition coefficient (Wildman–Crippen LogP) is 4.50. The maximum absolute atomic E-state index is 14.8. The van der Waals surface area contributed by atoms with Gasteiger partial charge in [-0.05, 0) is 24.6 Å². The monoisotopic (exact) mass is 474 g/mol. The minimum atomic E-state index is -0.716. The summed E-state index contributed by atoms with van der Waals surface area (Å²) in [6.07, 6.45) is 0.519. The van der Waals surface area contributed by atoms with E-state index in [1.165, 1.54) is 24.6 Å². The number of alkyl carbamates (subject to hydrolysis) is 1. The molecule has 0 spiro atoms. The van der Waals surface area contributed by atoms with Crippen LogP contribution in [0.5, 0.6) is 11.6 Å². The smallest absolute Gasteiger partial charge is 0.407 e. The molecule has 1 fully saturated rings. The molecule has 1 aliphatic rings. The predicted molar refractivity (Wildman–Crippen MR) is 118 cm³/mol. The van der Waals surface area contributed by atoms with Gasteiger partial charge >= 0.3 is 6.09 Å². The molecule has 2 aromatic heterocycles. The molecule has 2 aromatic carbocycles. The number of halogens is 2. The van der Waals surface area contributed by atoms with Crippen molar-refractivity contribution in [3.63, 3.8) is 0 Å². The molecule has 3 heterocycles. The van der Waals surface area contributed by atoms with Crippen molar-refractivity contribution in [2.45, 2.75) is 13.0 Å². The van der Waals surface area contributed by atoms with Crippen molar-refractivity contribution < 1.29 is 23.4 Å². The Labute approximate surface area is 190 Å². The van der Waals surface area contributed by atoms with E-state index < -0.39 is 18.0 Å². The first kappa shape index (κ1) is 20.7. The Morgan fingerprint density at radius 1 is 1.31 bits per heavy atom. The van der Waals surface area contributed by atoms with Gasteiger partial charge in [0.1, 0.15) is 22.2 Å². The lowest BCUT2D eigenvalue weighted by Gasteiger charge is -2.11. The number of carbonyl (C=O) groups excluding carboxylic acids is 1. The molecule has 1 unspecified atom stereocenters. The summed E-state index contributed by atoms with van der Waals surface area (Å²) < 4.78 is 31.2. The van der Waals surface area contributed by atoms with Gasteiger partial charge in [0.15, 0.2) is 17.7 Å². The molecule has 1 saturated heterocycles. The lowest BCUT2D eigenvalue weighted by molar-refractivity contribution is 0.103. The van der Waals surface area contributed by atoms with Gasteiger partial charge in [-0.1, -0.05) is 11.6 Å². The zero-order valence-electron chi connectivity index (χ0n) is 16.9. The average molecular weight is 475 g/mol. The number of hydrogen-bond donors (Lipinski definition) is 1. The second kappa shape index (κ2) is 8.03. The normalized spacial score (nSPS) is 15.8. The van der Waals surface area contributed by atoms with Crippen molar-refractivity contribution in [3.8, 4) is 22.2 Å². The number of rotatable bonds is 5. The molecule has 11 heteroatoms. The highest BCUT2D eigenvalue weighted by atomic mass is 35.5. The molecule has 1 amide bonds. The summed E-state index contributed by atoms with van der Waals surface area (Å²) in [4.78, 5) is 24.7. The number of amides is 1. The van der Waals surface area contributed by atoms with Crippen LogP contribution in [0.2, 0.25) is 5.02 Å². The Kier molecular flexibility index (Phi) is 5.18. The Morgan fingerprint density at radius 2 is 2.16 bits per heavy atom. The number of thiazole rings is 1. The summed E-state index contributed by atoms with van der Waals surface area (Å²) in [6.45, 7) is 2.25. The first-order chi connectivity index (χ1) is 15.4. The van der Waals surface area contributed by atoms with Gasteiger partial charge in [-0.25, -0.2) is 24.1 Å². The highest BCUT2D eigenvalue weighted by Gasteiger charge is 2.25. The fourth-order valence-corrected chi connectivity index (χ4v) is 4.73. The van der Waals surface area contributed by atoms with Crippen LogP contribution in [0.3, 0.4) is 0 Å². The van der Waals surface area contributed by atoms with E-state index in [4.69, 9.17) is 25.8 Å². The van der Waals surface area contributed by atoms with Crippen molar-refractivity contribution in [1.82, 2.24) is 20.3 Å². The third-order valence-corrected chi connectivity index (χ3v) is 6.29. The fraction of sp³-hybridized carbons (Fsp3) is 0.238. The number of fused-ring (bicyclic) bond motifs is 2. The zero-order valence-corrected chi connectivity index (χ0v) is 18.5. The van der Waals surface area contributed by atoms with E-state index in [2.05, 4.69) is 20.3 Å². The number of cyclic esters (lactones) is 1. The van der Waals surface area contributed by atoms with Crippen molar-refractivity contribution in [1.29, 1.82) is 0 Å². The molecule has 164 valence electrons. The van der Waals surface area contributed by atoms with Crippen molar-refractivity contribution >= 4 is 50.3 Å². The Balaban J connectivity index is 1.55. The number of carbonyl (C=O) groups is 1. The number of nitrogens with zero attached hydrogens (tertiary/aromatic N) is 3. The highest BCUT2D eigenvalue weighted by Crippen LogP contribution is 2.40. The van der Waals surface area contributed by atoms with Gasteiger partial charge in [-0.15, -0.1) is 11.3 Å². The van der Waals surface area contributed by atoms with Crippen molar-refractivity contribution in [3.05, 3.63) is 40.8 Å². The van der Waals surface area contributed by atoms with Gasteiger partial charge in [0.05, 0.1) is 35.6 Å². The van der Waals surface area contributed by atoms with Crippen LogP contribution >= 0.6 is 22.9 Å². The minimum Gasteiger partial charge on any atom is -0.486 e. The highest BCUT2D eigenvalue weighted by molar-refractivity contribution is 7.21. The average Bonchev–Trinajstić information content (AvgIpc) is 3.40. The first-order valence-corrected chi connectivity index (χ1v) is 10.8. The number of nitrogens with one attached hydrogen (secondary N) is 1. The topological polar surface area (TPSA) is 95.5 Å². The standard InChI is InChI=1S/C21H16ClFN4O4S/c1-9-3-11(18-12(4-9)26-15(29-2)7-24-18)20-27-19-14(32-20)5-13(17(23)16(19)22)30-8-10-6-25-21(28)31-10/h3-5,7,10H,6,8H2,1-2H3,(H,25,28). The van der Waals surface area contributed by atoms with Crippen LogP contribution in [0.15, 0.2) is 24.4 Å². The zero-order chi connectivity index (χ0) is 22.4. The molecule has 1 N–H and O–H groups in total. The van der Waals surface area contributed by atoms with E-state index in [1.807, 2.05) is 19.1 Å². The number of benzene rings is 2. The number of ether oxygens (including phenoxy) is 3. The third kappa shape index (κ3) is 3.65. The maximum Gasteiger partial charge on any atom is 0.407 e. The van der Waals surface area contributed by atoms with Crippen LogP contribution in [-0.2, 0) is 4.74 Å². The number of aryl methyl sites for hydroxylation is 1. The molecular weight excluding hydrogens is 459 g/mol. The molecule has 0 saturated carbocycles. The third-order valence-electron chi connectivity index (χ3n) is 4.91. The SMILES string of the molecule is COc1cnc2c(-c3nc4c(Cl)c(F)c(OCC5CNC(=O)O5)cc4s3)cc(C)cc2n1. The molecule has 4 aromatic rings. The molecule has 1 aliphatic heterocycles. The largest absolute Gasteiger partial charge is 0.486 e. The Hall–Kier alpha value is -3.24. The van der Waals surface area contributed by atoms with Gasteiger partial charge in [0.25, 0.3) is 0 Å². The van der Waals surface area contributed by atoms with Gasteiger partial charge in [0, 0.05) is 11.6 Å². The number of methoxy groups -OCH3 is 1. The lowest BCUT2D eigenvalue weighted by atomic mass is 10.1. The summed E-state index contributed by atoms with van der Waals surface area (Å²) in [5.74, 6) is -0.334. The van der Waals surface area contributed by atoms with Crippen molar-refractivity contribution in [2.75, 3.05) is 20.3 Å². The Bertz CT molecular complexity index is 1380. The fourth-order valence-electron chi connectivity index (χ4n) is 3.42. The van der Waals surface area contributed by atoms with Crippen LogP contribution in [0.1, 0.15) is 5.56 Å². The number of hydrogen-bond acceptors (Lipinski definition) is 8. The van der Waals surface area contributed by atoms with Crippen molar-refractivity contribution in [2.24, 2.45) is 0 Å². The molecule has 32 heavy (non-hydrogen) atoms. The quantitative estimate of drug-likeness (QED) is 0.455. The van der Waals surface area contributed by atoms with E-state index in [9.17, 15) is 9.18 Å². The van der Waals surface area contributed by atoms with Gasteiger partial charge in [0.2, 0.25) is 5.88 Å². The lowest BCUT2D eigenvalue weighted by Crippen LogP contribution is -2.22. The molecular formula is C21H16ClFN4O4S. The van der Waals surface area contributed by atoms with E-state index in [1.54, 1.807) is 6.07 Å². The van der Waals surface area contributed by atoms with E-state index in [0.29, 0.717) is 38.7 Å². The summed E-state index contributed by atoms with van der Waals surface area (Å²) in [5.41, 5.74) is 3.38. The van der Waals surface area contributed by atoms with E-state index >= 15 is 0 Å². The second-order valence-electron chi connectivity index (χ2n) is 7.18. The van der Waals surface area contributed by atoms with E-state index in [-0.39, 0.29) is 17.4 Å². The van der Waals surface area contributed by atoms with Gasteiger partial charge in [-0.3, -0.25) is 0 Å². The summed E-state index contributed by atoms with van der Waals surface area (Å²) in [5, 5.41) is 3.01. The van der Waals surface area contributed by atoms with Crippen LogP contribution in [0.4, 0.5) is 9.18 Å².